The Hall–Kier alpha value is -2.61. The van der Waals surface area contributed by atoms with Gasteiger partial charge in [0.05, 0.1) is 17.3 Å². The second-order valence-electron chi connectivity index (χ2n) is 6.40. The molecule has 2 aromatic heterocycles. The van der Waals surface area contributed by atoms with Gasteiger partial charge in [0.15, 0.2) is 5.13 Å². The Labute approximate surface area is 155 Å². The number of nitrogens with zero attached hydrogens (tertiary/aromatic N) is 4. The number of thiazole rings is 1. The highest BCUT2D eigenvalue weighted by atomic mass is 32.1. The van der Waals surface area contributed by atoms with Crippen LogP contribution in [0.15, 0.2) is 30.5 Å². The average Bonchev–Trinajstić information content (AvgIpc) is 3.27. The Morgan fingerprint density at radius 3 is 2.81 bits per heavy atom. The fraction of sp³-hybridized carbons (Fsp3) is 0.389. The molecule has 1 aromatic carbocycles. The summed E-state index contributed by atoms with van der Waals surface area (Å²) >= 11 is 1.70. The third kappa shape index (κ3) is 3.24. The van der Waals surface area contributed by atoms with Gasteiger partial charge in [-0.1, -0.05) is 11.3 Å². The van der Waals surface area contributed by atoms with Crippen LogP contribution in [0.2, 0.25) is 0 Å². The van der Waals surface area contributed by atoms with Crippen LogP contribution >= 0.6 is 11.3 Å². The van der Waals surface area contributed by atoms with Crippen LogP contribution in [-0.4, -0.2) is 46.9 Å². The number of rotatable bonds is 4. The molecule has 3 heterocycles. The summed E-state index contributed by atoms with van der Waals surface area (Å²) in [4.78, 5) is 19.4. The minimum absolute atomic E-state index is 0.0597. The van der Waals surface area contributed by atoms with Gasteiger partial charge >= 0.3 is 0 Å². The number of amides is 1. The van der Waals surface area contributed by atoms with E-state index in [0.29, 0.717) is 5.69 Å². The molecule has 0 bridgehead atoms. The number of hydrogen-bond donors (Lipinski definition) is 1. The molecule has 8 heteroatoms. The Kier molecular flexibility index (Phi) is 4.50. The van der Waals surface area contributed by atoms with Crippen LogP contribution in [0, 0.1) is 0 Å². The van der Waals surface area contributed by atoms with Crippen LogP contribution in [0.25, 0.3) is 10.2 Å². The van der Waals surface area contributed by atoms with Gasteiger partial charge in [-0.05, 0) is 31.0 Å². The van der Waals surface area contributed by atoms with Gasteiger partial charge < -0.3 is 15.0 Å². The summed E-state index contributed by atoms with van der Waals surface area (Å²) in [6, 6.07) is 7.90. The van der Waals surface area contributed by atoms with Crippen molar-refractivity contribution in [1.29, 1.82) is 0 Å². The highest BCUT2D eigenvalue weighted by Gasteiger charge is 2.24. The second kappa shape index (κ2) is 6.95. The van der Waals surface area contributed by atoms with Gasteiger partial charge in [-0.15, -0.1) is 0 Å². The number of hydrogen-bond acceptors (Lipinski definition) is 6. The molecule has 7 nitrogen and oxygen atoms in total. The highest BCUT2D eigenvalue weighted by Crippen LogP contribution is 2.32. The minimum Gasteiger partial charge on any atom is -0.497 e. The number of benzene rings is 1. The molecule has 4 rings (SSSR count). The van der Waals surface area contributed by atoms with Crippen molar-refractivity contribution in [3.8, 4) is 5.75 Å². The van der Waals surface area contributed by atoms with E-state index in [1.807, 2.05) is 12.1 Å². The molecule has 1 aliphatic rings. The van der Waals surface area contributed by atoms with Crippen molar-refractivity contribution in [2.75, 3.05) is 25.1 Å². The first kappa shape index (κ1) is 16.8. The van der Waals surface area contributed by atoms with Crippen molar-refractivity contribution in [3.05, 3.63) is 36.2 Å². The fourth-order valence-electron chi connectivity index (χ4n) is 3.23. The monoisotopic (exact) mass is 371 g/mol. The Balaban J connectivity index is 1.39. The summed E-state index contributed by atoms with van der Waals surface area (Å²) in [5.74, 6) is 0.765. The van der Waals surface area contributed by atoms with Crippen LogP contribution in [0.3, 0.4) is 0 Å². The summed E-state index contributed by atoms with van der Waals surface area (Å²) in [5, 5.41) is 8.20. The van der Waals surface area contributed by atoms with Gasteiger partial charge in [-0.3, -0.25) is 9.48 Å². The molecule has 26 heavy (non-hydrogen) atoms. The summed E-state index contributed by atoms with van der Waals surface area (Å²) in [7, 11) is 3.44. The molecule has 3 aromatic rings. The molecule has 0 atom stereocenters. The molecule has 1 saturated heterocycles. The van der Waals surface area contributed by atoms with Gasteiger partial charge in [0, 0.05) is 38.4 Å². The van der Waals surface area contributed by atoms with Crippen molar-refractivity contribution >= 4 is 32.6 Å². The van der Waals surface area contributed by atoms with Gasteiger partial charge in [0.2, 0.25) is 0 Å². The Bertz CT molecular complexity index is 927. The van der Waals surface area contributed by atoms with E-state index in [-0.39, 0.29) is 11.9 Å². The largest absolute Gasteiger partial charge is 0.497 e. The predicted molar refractivity (Wildman–Crippen MR) is 102 cm³/mol. The first-order valence-corrected chi connectivity index (χ1v) is 9.44. The molecule has 1 fully saturated rings. The van der Waals surface area contributed by atoms with Gasteiger partial charge in [-0.25, -0.2) is 4.98 Å². The quantitative estimate of drug-likeness (QED) is 0.763. The third-order valence-electron chi connectivity index (χ3n) is 4.74. The van der Waals surface area contributed by atoms with Crippen LogP contribution in [0.1, 0.15) is 23.3 Å². The lowest BCUT2D eigenvalue weighted by atomic mass is 10.1. The fourth-order valence-corrected chi connectivity index (χ4v) is 4.23. The van der Waals surface area contributed by atoms with Crippen molar-refractivity contribution < 1.29 is 9.53 Å². The van der Waals surface area contributed by atoms with E-state index in [1.165, 1.54) is 0 Å². The SMILES string of the molecule is COc1ccc2sc(N3CCC(NC(=O)c4ccnn4C)CC3)nc2c1. The summed E-state index contributed by atoms with van der Waals surface area (Å²) in [5.41, 5.74) is 1.56. The molecule has 0 unspecified atom stereocenters. The predicted octanol–water partition coefficient (Wildman–Crippen LogP) is 2.44. The Morgan fingerprint density at radius 1 is 1.31 bits per heavy atom. The van der Waals surface area contributed by atoms with Crippen molar-refractivity contribution in [2.24, 2.45) is 7.05 Å². The van der Waals surface area contributed by atoms with E-state index in [9.17, 15) is 4.79 Å². The maximum absolute atomic E-state index is 12.3. The lowest BCUT2D eigenvalue weighted by Crippen LogP contribution is -2.45. The normalized spacial score (nSPS) is 15.4. The zero-order valence-corrected chi connectivity index (χ0v) is 15.6. The molecule has 0 saturated carbocycles. The molecule has 0 aliphatic carbocycles. The number of carbonyl (C=O) groups is 1. The van der Waals surface area contributed by atoms with E-state index in [0.717, 1.165) is 47.0 Å². The number of ether oxygens (including phenoxy) is 1. The average molecular weight is 371 g/mol. The van der Waals surface area contributed by atoms with E-state index >= 15 is 0 Å². The minimum atomic E-state index is -0.0597. The molecule has 0 spiro atoms. The number of anilines is 1. The molecule has 0 radical (unpaired) electrons. The lowest BCUT2D eigenvalue weighted by Gasteiger charge is -2.32. The van der Waals surface area contributed by atoms with Crippen molar-refractivity contribution in [3.63, 3.8) is 0 Å². The topological polar surface area (TPSA) is 72.3 Å². The molecular weight excluding hydrogens is 350 g/mol. The summed E-state index contributed by atoms with van der Waals surface area (Å²) in [6.45, 7) is 1.76. The van der Waals surface area contributed by atoms with E-state index in [1.54, 1.807) is 42.4 Å². The standard InChI is InChI=1S/C18H21N5O2S/c1-22-15(5-8-19-22)17(24)20-12-6-9-23(10-7-12)18-21-14-11-13(25-2)3-4-16(14)26-18/h3-5,8,11-12H,6-7,9-10H2,1-2H3,(H,20,24). The number of aromatic nitrogens is 3. The maximum atomic E-state index is 12.3. The zero-order chi connectivity index (χ0) is 18.1. The number of piperidine rings is 1. The maximum Gasteiger partial charge on any atom is 0.269 e. The third-order valence-corrected chi connectivity index (χ3v) is 5.83. The second-order valence-corrected chi connectivity index (χ2v) is 7.41. The lowest BCUT2D eigenvalue weighted by molar-refractivity contribution is 0.0921. The van der Waals surface area contributed by atoms with E-state index in [4.69, 9.17) is 9.72 Å². The van der Waals surface area contributed by atoms with Gasteiger partial charge in [-0.2, -0.15) is 5.10 Å². The number of nitrogens with one attached hydrogen (secondary N) is 1. The summed E-state index contributed by atoms with van der Waals surface area (Å²) < 4.78 is 8.03. The number of methoxy groups -OCH3 is 1. The zero-order valence-electron chi connectivity index (χ0n) is 14.8. The van der Waals surface area contributed by atoms with Crippen molar-refractivity contribution in [1.82, 2.24) is 20.1 Å². The molecular formula is C18H21N5O2S. The highest BCUT2D eigenvalue weighted by molar-refractivity contribution is 7.22. The first-order valence-electron chi connectivity index (χ1n) is 8.62. The van der Waals surface area contributed by atoms with Crippen molar-refractivity contribution in [2.45, 2.75) is 18.9 Å². The number of carbonyl (C=O) groups excluding carboxylic acids is 1. The Morgan fingerprint density at radius 2 is 2.12 bits per heavy atom. The van der Waals surface area contributed by atoms with Gasteiger partial charge in [0.1, 0.15) is 11.4 Å². The summed E-state index contributed by atoms with van der Waals surface area (Å²) in [6.07, 6.45) is 3.45. The van der Waals surface area contributed by atoms with Crippen LogP contribution in [0.4, 0.5) is 5.13 Å². The number of fused-ring (bicyclic) bond motifs is 1. The smallest absolute Gasteiger partial charge is 0.269 e. The molecule has 1 amide bonds. The van der Waals surface area contributed by atoms with E-state index < -0.39 is 0 Å². The van der Waals surface area contributed by atoms with E-state index in [2.05, 4.69) is 21.4 Å². The molecule has 136 valence electrons. The van der Waals surface area contributed by atoms with Gasteiger partial charge in [0.25, 0.3) is 5.91 Å². The molecule has 1 N–H and O–H groups in total. The molecule has 1 aliphatic heterocycles. The first-order chi connectivity index (χ1) is 12.6. The van der Waals surface area contributed by atoms with Crippen LogP contribution < -0.4 is 15.0 Å². The number of aryl methyl sites for hydroxylation is 1. The van der Waals surface area contributed by atoms with Crippen LogP contribution in [-0.2, 0) is 7.05 Å². The van der Waals surface area contributed by atoms with Crippen LogP contribution in [0.5, 0.6) is 5.75 Å².